The molecule has 0 spiro atoms. The van der Waals surface area contributed by atoms with Crippen molar-refractivity contribution in [3.63, 3.8) is 0 Å². The number of carbonyl (C=O) groups excluding carboxylic acids is 1. The summed E-state index contributed by atoms with van der Waals surface area (Å²) in [5.41, 5.74) is 5.67. The van der Waals surface area contributed by atoms with Gasteiger partial charge in [0.2, 0.25) is 0 Å². The molecular weight excluding hydrogens is 272 g/mol. The van der Waals surface area contributed by atoms with Gasteiger partial charge in [0.15, 0.2) is 0 Å². The second-order valence-corrected chi connectivity index (χ2v) is 4.50. The molecule has 0 heterocycles. The Morgan fingerprint density at radius 3 is 2.43 bits per heavy atom. The number of carboxylic acids is 1. The number of nitrogens with two attached hydrogens (primary N) is 1. The predicted octanol–water partition coefficient (Wildman–Crippen LogP) is 1.45. The topological polar surface area (TPSA) is 102 Å². The fraction of sp³-hybridized carbons (Fsp3) is 0.200. The van der Waals surface area contributed by atoms with Crippen LogP contribution in [0.15, 0.2) is 36.4 Å². The van der Waals surface area contributed by atoms with E-state index in [9.17, 15) is 14.7 Å². The second kappa shape index (κ2) is 6.34. The van der Waals surface area contributed by atoms with Crippen molar-refractivity contribution >= 4 is 28.3 Å². The van der Waals surface area contributed by atoms with Crippen molar-refractivity contribution < 1.29 is 19.4 Å². The molecule has 1 atom stereocenters. The van der Waals surface area contributed by atoms with E-state index in [1.165, 1.54) is 13.2 Å². The smallest absolute Gasteiger partial charge is 0.337 e. The highest BCUT2D eigenvalue weighted by atomic mass is 16.5. The van der Waals surface area contributed by atoms with Crippen LogP contribution in [0.25, 0.3) is 10.8 Å². The molecule has 110 valence electrons. The van der Waals surface area contributed by atoms with Crippen molar-refractivity contribution in [1.29, 1.82) is 0 Å². The van der Waals surface area contributed by atoms with Crippen LogP contribution >= 0.6 is 0 Å². The highest BCUT2D eigenvalue weighted by Crippen LogP contribution is 2.24. The standard InChI is InChI=1S/C15H16N2O4/c1-21-13(8-16)14(18)17-12-7-10-5-3-2-4-9(10)6-11(12)15(19)20/h2-7,13H,8,16H2,1H3,(H,17,18)(H,19,20). The zero-order valence-electron chi connectivity index (χ0n) is 11.5. The van der Waals surface area contributed by atoms with Gasteiger partial charge in [-0.15, -0.1) is 0 Å². The molecule has 0 radical (unpaired) electrons. The number of rotatable bonds is 5. The van der Waals surface area contributed by atoms with Crippen LogP contribution < -0.4 is 11.1 Å². The molecule has 0 aromatic heterocycles. The average Bonchev–Trinajstić information content (AvgIpc) is 2.47. The zero-order chi connectivity index (χ0) is 15.4. The van der Waals surface area contributed by atoms with E-state index in [1.807, 2.05) is 24.3 Å². The first-order valence-electron chi connectivity index (χ1n) is 6.36. The van der Waals surface area contributed by atoms with Gasteiger partial charge in [-0.25, -0.2) is 4.79 Å². The van der Waals surface area contributed by atoms with E-state index in [1.54, 1.807) is 6.07 Å². The number of methoxy groups -OCH3 is 1. The molecule has 0 aliphatic heterocycles. The number of ether oxygens (including phenoxy) is 1. The summed E-state index contributed by atoms with van der Waals surface area (Å²) in [6.07, 6.45) is -0.821. The molecule has 2 rings (SSSR count). The van der Waals surface area contributed by atoms with Crippen LogP contribution in [0.4, 0.5) is 5.69 Å². The fourth-order valence-electron chi connectivity index (χ4n) is 2.04. The molecule has 0 aliphatic carbocycles. The second-order valence-electron chi connectivity index (χ2n) is 4.50. The van der Waals surface area contributed by atoms with Gasteiger partial charge in [-0.2, -0.15) is 0 Å². The third-order valence-electron chi connectivity index (χ3n) is 3.17. The molecule has 1 unspecified atom stereocenters. The van der Waals surface area contributed by atoms with E-state index >= 15 is 0 Å². The van der Waals surface area contributed by atoms with Crippen molar-refractivity contribution in [2.45, 2.75) is 6.10 Å². The normalized spacial score (nSPS) is 12.1. The SMILES string of the molecule is COC(CN)C(=O)Nc1cc2ccccc2cc1C(=O)O. The summed E-state index contributed by atoms with van der Waals surface area (Å²) in [6, 6.07) is 10.5. The van der Waals surface area contributed by atoms with E-state index in [2.05, 4.69) is 5.32 Å². The monoisotopic (exact) mass is 288 g/mol. The number of hydrogen-bond donors (Lipinski definition) is 3. The van der Waals surface area contributed by atoms with E-state index in [0.29, 0.717) is 0 Å². The fourth-order valence-corrected chi connectivity index (χ4v) is 2.04. The van der Waals surface area contributed by atoms with Crippen molar-refractivity contribution in [3.05, 3.63) is 42.0 Å². The van der Waals surface area contributed by atoms with Crippen molar-refractivity contribution in [3.8, 4) is 0 Å². The van der Waals surface area contributed by atoms with Gasteiger partial charge in [0.1, 0.15) is 6.10 Å². The Labute approximate surface area is 121 Å². The quantitative estimate of drug-likeness (QED) is 0.773. The highest BCUT2D eigenvalue weighted by molar-refractivity contribution is 6.06. The lowest BCUT2D eigenvalue weighted by molar-refractivity contribution is -0.125. The summed E-state index contributed by atoms with van der Waals surface area (Å²) in [7, 11) is 1.37. The van der Waals surface area contributed by atoms with Crippen molar-refractivity contribution in [1.82, 2.24) is 0 Å². The molecule has 0 saturated heterocycles. The minimum absolute atomic E-state index is 0.0122. The van der Waals surface area contributed by atoms with E-state index in [4.69, 9.17) is 10.5 Å². The number of carboxylic acid groups (broad SMARTS) is 1. The molecule has 0 aliphatic rings. The van der Waals surface area contributed by atoms with Gasteiger partial charge in [0, 0.05) is 13.7 Å². The van der Waals surface area contributed by atoms with Crippen LogP contribution in [-0.2, 0) is 9.53 Å². The van der Waals surface area contributed by atoms with Crippen LogP contribution in [-0.4, -0.2) is 36.7 Å². The van der Waals surface area contributed by atoms with E-state index in [0.717, 1.165) is 10.8 Å². The molecule has 2 aromatic rings. The predicted molar refractivity (Wildman–Crippen MR) is 79.4 cm³/mol. The number of fused-ring (bicyclic) bond motifs is 1. The van der Waals surface area contributed by atoms with E-state index in [-0.39, 0.29) is 17.8 Å². The number of amides is 1. The van der Waals surface area contributed by atoms with Crippen molar-refractivity contribution in [2.75, 3.05) is 19.0 Å². The lowest BCUT2D eigenvalue weighted by atomic mass is 10.0. The molecule has 1 amide bonds. The number of aromatic carboxylic acids is 1. The molecule has 6 heteroatoms. The molecule has 6 nitrogen and oxygen atoms in total. The summed E-state index contributed by atoms with van der Waals surface area (Å²) in [5.74, 6) is -1.59. The first-order chi connectivity index (χ1) is 10.1. The maximum Gasteiger partial charge on any atom is 0.337 e. The molecule has 0 bridgehead atoms. The molecule has 2 aromatic carbocycles. The summed E-state index contributed by atoms with van der Waals surface area (Å²) in [6.45, 7) is 0.0122. The summed E-state index contributed by atoms with van der Waals surface area (Å²) < 4.78 is 4.94. The Kier molecular flexibility index (Phi) is 4.52. The third kappa shape index (κ3) is 3.18. The van der Waals surface area contributed by atoms with Crippen LogP contribution in [0.5, 0.6) is 0 Å². The van der Waals surface area contributed by atoms with Gasteiger partial charge in [-0.1, -0.05) is 24.3 Å². The van der Waals surface area contributed by atoms with E-state index < -0.39 is 18.0 Å². The van der Waals surface area contributed by atoms with Gasteiger partial charge in [0.05, 0.1) is 11.3 Å². The Bertz CT molecular complexity index is 680. The average molecular weight is 288 g/mol. The highest BCUT2D eigenvalue weighted by Gasteiger charge is 2.19. The summed E-state index contributed by atoms with van der Waals surface area (Å²) in [4.78, 5) is 23.3. The molecule has 4 N–H and O–H groups in total. The Hall–Kier alpha value is -2.44. The van der Waals surface area contributed by atoms with Gasteiger partial charge >= 0.3 is 5.97 Å². The molecule has 21 heavy (non-hydrogen) atoms. The molecule has 0 saturated carbocycles. The van der Waals surface area contributed by atoms with Crippen LogP contribution in [0.2, 0.25) is 0 Å². The lowest BCUT2D eigenvalue weighted by Gasteiger charge is -2.15. The Morgan fingerprint density at radius 2 is 1.90 bits per heavy atom. The number of nitrogens with one attached hydrogen (secondary N) is 1. The van der Waals surface area contributed by atoms with Gasteiger partial charge < -0.3 is 20.9 Å². The number of benzene rings is 2. The maximum absolute atomic E-state index is 12.0. The lowest BCUT2D eigenvalue weighted by Crippen LogP contribution is -2.36. The van der Waals surface area contributed by atoms with Gasteiger partial charge in [0.25, 0.3) is 5.91 Å². The first-order valence-corrected chi connectivity index (χ1v) is 6.36. The third-order valence-corrected chi connectivity index (χ3v) is 3.17. The molecular formula is C15H16N2O4. The molecule has 0 fully saturated rings. The Morgan fingerprint density at radius 1 is 1.29 bits per heavy atom. The maximum atomic E-state index is 12.0. The zero-order valence-corrected chi connectivity index (χ0v) is 11.5. The van der Waals surface area contributed by atoms with Crippen molar-refractivity contribution in [2.24, 2.45) is 5.73 Å². The first kappa shape index (κ1) is 15.0. The van der Waals surface area contributed by atoms with Gasteiger partial charge in [-0.3, -0.25) is 4.79 Å². The van der Waals surface area contributed by atoms with Crippen LogP contribution in [0, 0.1) is 0 Å². The minimum atomic E-state index is -1.11. The number of anilines is 1. The largest absolute Gasteiger partial charge is 0.478 e. The van der Waals surface area contributed by atoms with Crippen LogP contribution in [0.1, 0.15) is 10.4 Å². The summed E-state index contributed by atoms with van der Waals surface area (Å²) in [5, 5.41) is 13.5. The minimum Gasteiger partial charge on any atom is -0.478 e. The Balaban J connectivity index is 2.44. The van der Waals surface area contributed by atoms with Gasteiger partial charge in [-0.05, 0) is 22.9 Å². The van der Waals surface area contributed by atoms with Crippen LogP contribution in [0.3, 0.4) is 0 Å². The number of hydrogen-bond acceptors (Lipinski definition) is 4. The number of carbonyl (C=O) groups is 2. The summed E-state index contributed by atoms with van der Waals surface area (Å²) >= 11 is 0.